The van der Waals surface area contributed by atoms with E-state index in [1.165, 1.54) is 4.90 Å². The van der Waals surface area contributed by atoms with Gasteiger partial charge in [-0.25, -0.2) is 4.79 Å². The molecule has 1 saturated heterocycles. The highest BCUT2D eigenvalue weighted by Gasteiger charge is 2.34. The minimum absolute atomic E-state index is 0.128. The normalized spacial score (nSPS) is 25.7. The molecule has 3 N–H and O–H groups in total. The molecule has 2 atom stereocenters. The van der Waals surface area contributed by atoms with Crippen LogP contribution in [0, 0.1) is 5.92 Å². The second-order valence-corrected chi connectivity index (χ2v) is 4.80. The van der Waals surface area contributed by atoms with Crippen molar-refractivity contribution in [1.82, 2.24) is 10.2 Å². The number of urea groups is 1. The van der Waals surface area contributed by atoms with E-state index in [4.69, 9.17) is 5.11 Å². The highest BCUT2D eigenvalue weighted by molar-refractivity contribution is 5.76. The number of carbonyl (C=O) groups excluding carboxylic acids is 1. The van der Waals surface area contributed by atoms with Crippen molar-refractivity contribution in [2.45, 2.75) is 32.3 Å². The Hall–Kier alpha value is -1.30. The summed E-state index contributed by atoms with van der Waals surface area (Å²) in [5, 5.41) is 21.1. The molecule has 0 aliphatic carbocycles. The average Bonchev–Trinajstić information content (AvgIpc) is 2.59. The first-order valence-electron chi connectivity index (χ1n) is 5.83. The molecule has 1 rings (SSSR count). The third-order valence-electron chi connectivity index (χ3n) is 3.08. The maximum absolute atomic E-state index is 11.7. The Bertz CT molecular complexity index is 304. The zero-order valence-corrected chi connectivity index (χ0v) is 10.3. The van der Waals surface area contributed by atoms with Crippen molar-refractivity contribution in [2.75, 3.05) is 19.6 Å². The fourth-order valence-corrected chi connectivity index (χ4v) is 1.85. The van der Waals surface area contributed by atoms with Gasteiger partial charge in [0.05, 0.1) is 18.1 Å². The lowest BCUT2D eigenvalue weighted by Gasteiger charge is -2.20. The van der Waals surface area contributed by atoms with E-state index in [0.29, 0.717) is 25.9 Å². The van der Waals surface area contributed by atoms with Crippen molar-refractivity contribution in [2.24, 2.45) is 5.92 Å². The molecule has 1 fully saturated rings. The molecular weight excluding hydrogens is 224 g/mol. The van der Waals surface area contributed by atoms with Gasteiger partial charge in [0.25, 0.3) is 0 Å². The zero-order chi connectivity index (χ0) is 13.1. The first-order chi connectivity index (χ1) is 7.85. The summed E-state index contributed by atoms with van der Waals surface area (Å²) in [6.45, 7) is 4.38. The SMILES string of the molecule is CCC(CNC(=O)N1CCC(C)(O)C1)C(=O)O. The summed E-state index contributed by atoms with van der Waals surface area (Å²) in [5.41, 5.74) is -0.825. The number of β-amino-alcohol motifs (C(OH)–C–C–N with tert-alkyl or cyclic N) is 1. The maximum Gasteiger partial charge on any atom is 0.317 e. The summed E-state index contributed by atoms with van der Waals surface area (Å²) in [6, 6.07) is -0.303. The maximum atomic E-state index is 11.7. The predicted octanol–water partition coefficient (Wildman–Crippen LogP) is 0.263. The number of likely N-dealkylation sites (tertiary alicyclic amines) is 1. The lowest BCUT2D eigenvalue weighted by atomic mass is 10.1. The molecule has 0 bridgehead atoms. The van der Waals surface area contributed by atoms with Gasteiger partial charge in [-0.05, 0) is 19.8 Å². The lowest BCUT2D eigenvalue weighted by molar-refractivity contribution is -0.141. The standard InChI is InChI=1S/C11H20N2O4/c1-3-8(9(14)15)6-12-10(16)13-5-4-11(2,17)7-13/h8,17H,3-7H2,1-2H3,(H,12,16)(H,14,15). The number of aliphatic carboxylic acids is 1. The van der Waals surface area contributed by atoms with Gasteiger partial charge in [-0.15, -0.1) is 0 Å². The lowest BCUT2D eigenvalue weighted by Crippen LogP contribution is -2.43. The summed E-state index contributed by atoms with van der Waals surface area (Å²) in [4.78, 5) is 24.0. The van der Waals surface area contributed by atoms with E-state index < -0.39 is 17.5 Å². The van der Waals surface area contributed by atoms with Crippen LogP contribution in [-0.4, -0.2) is 52.3 Å². The molecule has 0 saturated carbocycles. The molecule has 0 aromatic heterocycles. The topological polar surface area (TPSA) is 89.9 Å². The zero-order valence-electron chi connectivity index (χ0n) is 10.3. The highest BCUT2D eigenvalue weighted by Crippen LogP contribution is 2.19. The van der Waals surface area contributed by atoms with E-state index >= 15 is 0 Å². The quantitative estimate of drug-likeness (QED) is 0.662. The van der Waals surface area contributed by atoms with E-state index in [1.54, 1.807) is 13.8 Å². The van der Waals surface area contributed by atoms with Crippen molar-refractivity contribution in [3.63, 3.8) is 0 Å². The summed E-state index contributed by atoms with van der Waals surface area (Å²) in [6.07, 6.45) is 1.03. The highest BCUT2D eigenvalue weighted by atomic mass is 16.4. The van der Waals surface area contributed by atoms with Crippen molar-refractivity contribution >= 4 is 12.0 Å². The molecule has 0 spiro atoms. The van der Waals surface area contributed by atoms with Gasteiger partial charge < -0.3 is 20.4 Å². The molecule has 0 aromatic rings. The summed E-state index contributed by atoms with van der Waals surface area (Å²) >= 11 is 0. The van der Waals surface area contributed by atoms with Crippen LogP contribution in [0.15, 0.2) is 0 Å². The molecule has 1 heterocycles. The number of hydrogen-bond donors (Lipinski definition) is 3. The first kappa shape index (κ1) is 13.8. The smallest absolute Gasteiger partial charge is 0.317 e. The third-order valence-corrected chi connectivity index (χ3v) is 3.08. The Morgan fingerprint density at radius 2 is 2.18 bits per heavy atom. The summed E-state index contributed by atoms with van der Waals surface area (Å²) < 4.78 is 0. The fourth-order valence-electron chi connectivity index (χ4n) is 1.85. The second-order valence-electron chi connectivity index (χ2n) is 4.80. The van der Waals surface area contributed by atoms with Gasteiger partial charge in [0.1, 0.15) is 0 Å². The fraction of sp³-hybridized carbons (Fsp3) is 0.818. The molecule has 17 heavy (non-hydrogen) atoms. The monoisotopic (exact) mass is 244 g/mol. The molecule has 98 valence electrons. The Balaban J connectivity index is 2.38. The van der Waals surface area contributed by atoms with Gasteiger partial charge in [-0.3, -0.25) is 4.79 Å². The predicted molar refractivity (Wildman–Crippen MR) is 61.6 cm³/mol. The molecule has 6 nitrogen and oxygen atoms in total. The van der Waals surface area contributed by atoms with Gasteiger partial charge in [0, 0.05) is 13.1 Å². The van der Waals surface area contributed by atoms with Crippen LogP contribution in [0.3, 0.4) is 0 Å². The van der Waals surface area contributed by atoms with Crippen LogP contribution in [0.4, 0.5) is 4.79 Å². The van der Waals surface area contributed by atoms with Crippen LogP contribution >= 0.6 is 0 Å². The van der Waals surface area contributed by atoms with Crippen LogP contribution in [0.25, 0.3) is 0 Å². The second kappa shape index (κ2) is 5.35. The number of nitrogens with zero attached hydrogens (tertiary/aromatic N) is 1. The minimum atomic E-state index is -0.902. The third kappa shape index (κ3) is 3.89. The molecule has 0 aromatic carbocycles. The van der Waals surface area contributed by atoms with Crippen LogP contribution in [-0.2, 0) is 4.79 Å². The van der Waals surface area contributed by atoms with Crippen molar-refractivity contribution < 1.29 is 19.8 Å². The van der Waals surface area contributed by atoms with Crippen molar-refractivity contribution in [3.05, 3.63) is 0 Å². The molecule has 2 amide bonds. The molecule has 6 heteroatoms. The number of rotatable bonds is 4. The van der Waals surface area contributed by atoms with Crippen LogP contribution in [0.1, 0.15) is 26.7 Å². The van der Waals surface area contributed by atoms with E-state index in [-0.39, 0.29) is 12.6 Å². The van der Waals surface area contributed by atoms with Gasteiger partial charge >= 0.3 is 12.0 Å². The molecule has 2 unspecified atom stereocenters. The number of aliphatic hydroxyl groups is 1. The van der Waals surface area contributed by atoms with E-state index in [2.05, 4.69) is 5.32 Å². The average molecular weight is 244 g/mol. The number of hydrogen-bond acceptors (Lipinski definition) is 3. The van der Waals surface area contributed by atoms with E-state index in [9.17, 15) is 14.7 Å². The van der Waals surface area contributed by atoms with Gasteiger partial charge in [-0.1, -0.05) is 6.92 Å². The Labute approximate surface area is 101 Å². The Morgan fingerprint density at radius 3 is 2.59 bits per heavy atom. The van der Waals surface area contributed by atoms with Crippen LogP contribution in [0.2, 0.25) is 0 Å². The molecule has 1 aliphatic heterocycles. The number of carboxylic acids is 1. The van der Waals surface area contributed by atoms with Crippen molar-refractivity contribution in [1.29, 1.82) is 0 Å². The Morgan fingerprint density at radius 1 is 1.53 bits per heavy atom. The largest absolute Gasteiger partial charge is 0.481 e. The summed E-state index contributed by atoms with van der Waals surface area (Å²) in [7, 11) is 0. The number of carboxylic acid groups (broad SMARTS) is 1. The number of nitrogens with one attached hydrogen (secondary N) is 1. The van der Waals surface area contributed by atoms with Crippen molar-refractivity contribution in [3.8, 4) is 0 Å². The van der Waals surface area contributed by atoms with E-state index in [0.717, 1.165) is 0 Å². The van der Waals surface area contributed by atoms with Gasteiger partial charge in [0.2, 0.25) is 0 Å². The Kier molecular flexibility index (Phi) is 4.34. The summed E-state index contributed by atoms with van der Waals surface area (Å²) in [5.74, 6) is -1.46. The minimum Gasteiger partial charge on any atom is -0.481 e. The molecule has 1 aliphatic rings. The van der Waals surface area contributed by atoms with Gasteiger partial charge in [-0.2, -0.15) is 0 Å². The first-order valence-corrected chi connectivity index (χ1v) is 5.83. The van der Waals surface area contributed by atoms with Gasteiger partial charge in [0.15, 0.2) is 0 Å². The van der Waals surface area contributed by atoms with Crippen LogP contribution < -0.4 is 5.32 Å². The van der Waals surface area contributed by atoms with E-state index in [1.807, 2.05) is 0 Å². The molecule has 0 radical (unpaired) electrons. The number of carbonyl (C=O) groups is 2. The molecular formula is C11H20N2O4. The van der Waals surface area contributed by atoms with Crippen LogP contribution in [0.5, 0.6) is 0 Å². The number of amides is 2.